The number of likely N-dealkylation sites (tertiary alicyclic amines) is 1. The second-order valence-electron chi connectivity index (χ2n) is 6.36. The Morgan fingerprint density at radius 3 is 3.04 bits per heavy atom. The number of piperidine rings is 1. The van der Waals surface area contributed by atoms with Gasteiger partial charge >= 0.3 is 0 Å². The highest BCUT2D eigenvalue weighted by Gasteiger charge is 2.31. The highest BCUT2D eigenvalue weighted by molar-refractivity contribution is 7.13. The van der Waals surface area contributed by atoms with Crippen LogP contribution in [0.4, 0.5) is 0 Å². The van der Waals surface area contributed by atoms with Crippen LogP contribution < -0.4 is 0 Å². The van der Waals surface area contributed by atoms with Crippen molar-refractivity contribution < 1.29 is 9.90 Å². The first-order valence-electron chi connectivity index (χ1n) is 8.49. The van der Waals surface area contributed by atoms with Gasteiger partial charge in [0.1, 0.15) is 16.8 Å². The summed E-state index contributed by atoms with van der Waals surface area (Å²) < 4.78 is 1.84. The predicted octanol–water partition coefficient (Wildman–Crippen LogP) is 2.41. The Bertz CT molecular complexity index is 696. The van der Waals surface area contributed by atoms with Crippen LogP contribution in [-0.4, -0.2) is 43.5 Å². The molecule has 1 N–H and O–H groups in total. The molecule has 0 bridgehead atoms. The summed E-state index contributed by atoms with van der Waals surface area (Å²) in [6.45, 7) is 3.41. The maximum absolute atomic E-state index is 12.7. The Labute approximate surface area is 146 Å². The van der Waals surface area contributed by atoms with E-state index in [1.807, 2.05) is 22.7 Å². The van der Waals surface area contributed by atoms with Crippen molar-refractivity contribution in [2.24, 2.45) is 13.0 Å². The summed E-state index contributed by atoms with van der Waals surface area (Å²) in [5, 5.41) is 11.6. The van der Waals surface area contributed by atoms with Gasteiger partial charge in [-0.05, 0) is 25.7 Å². The van der Waals surface area contributed by atoms with E-state index in [1.54, 1.807) is 12.4 Å². The van der Waals surface area contributed by atoms with Gasteiger partial charge in [-0.3, -0.25) is 4.79 Å². The normalized spacial score (nSPS) is 19.5. The van der Waals surface area contributed by atoms with Gasteiger partial charge in [-0.2, -0.15) is 0 Å². The molecule has 1 aliphatic heterocycles. The summed E-state index contributed by atoms with van der Waals surface area (Å²) >= 11 is 1.49. The summed E-state index contributed by atoms with van der Waals surface area (Å²) in [6.07, 6.45) is 8.32. The lowest BCUT2D eigenvalue weighted by Gasteiger charge is -2.34. The van der Waals surface area contributed by atoms with Crippen LogP contribution in [0.25, 0.3) is 0 Å². The number of carbonyl (C=O) groups excluding carboxylic acids is 1. The van der Waals surface area contributed by atoms with E-state index in [0.29, 0.717) is 17.2 Å². The maximum atomic E-state index is 12.7. The lowest BCUT2D eigenvalue weighted by atomic mass is 9.92. The van der Waals surface area contributed by atoms with Gasteiger partial charge in [0.15, 0.2) is 0 Å². The summed E-state index contributed by atoms with van der Waals surface area (Å²) in [5.41, 5.74) is 0. The smallest absolute Gasteiger partial charge is 0.265 e. The van der Waals surface area contributed by atoms with Crippen molar-refractivity contribution in [3.63, 3.8) is 0 Å². The van der Waals surface area contributed by atoms with Crippen LogP contribution in [0.3, 0.4) is 0 Å². The second-order valence-corrected chi connectivity index (χ2v) is 7.48. The number of aliphatic hydroxyl groups is 1. The molecule has 0 saturated carbocycles. The van der Waals surface area contributed by atoms with E-state index in [2.05, 4.69) is 16.9 Å². The number of aryl methyl sites for hydroxylation is 2. The topological polar surface area (TPSA) is 71.2 Å². The number of nitrogens with zero attached hydrogens (tertiary/aromatic N) is 4. The fraction of sp³-hybridized carbons (Fsp3) is 0.588. The third-order valence-electron chi connectivity index (χ3n) is 4.54. The zero-order chi connectivity index (χ0) is 17.1. The monoisotopic (exact) mass is 348 g/mol. The number of aromatic nitrogens is 3. The Morgan fingerprint density at radius 1 is 1.50 bits per heavy atom. The van der Waals surface area contributed by atoms with Gasteiger partial charge in [0.2, 0.25) is 0 Å². The SMILES string of the molecule is CCCc1ncc(C(=O)N2CCCC(C(O)c3nccn3C)C2)s1. The average molecular weight is 348 g/mol. The zero-order valence-corrected chi connectivity index (χ0v) is 15.0. The van der Waals surface area contributed by atoms with E-state index < -0.39 is 6.10 Å². The molecule has 2 atom stereocenters. The highest BCUT2D eigenvalue weighted by Crippen LogP contribution is 2.30. The summed E-state index contributed by atoms with van der Waals surface area (Å²) in [6, 6.07) is 0. The van der Waals surface area contributed by atoms with Gasteiger partial charge in [-0.25, -0.2) is 9.97 Å². The van der Waals surface area contributed by atoms with Gasteiger partial charge in [-0.15, -0.1) is 11.3 Å². The molecule has 6 nitrogen and oxygen atoms in total. The Hall–Kier alpha value is -1.73. The quantitative estimate of drug-likeness (QED) is 0.901. The first-order chi connectivity index (χ1) is 11.6. The fourth-order valence-corrected chi connectivity index (χ4v) is 4.21. The third-order valence-corrected chi connectivity index (χ3v) is 5.59. The maximum Gasteiger partial charge on any atom is 0.265 e. The molecule has 24 heavy (non-hydrogen) atoms. The van der Waals surface area contributed by atoms with Crippen LogP contribution in [0.15, 0.2) is 18.6 Å². The largest absolute Gasteiger partial charge is 0.385 e. The molecular weight excluding hydrogens is 324 g/mol. The van der Waals surface area contributed by atoms with Crippen molar-refractivity contribution in [3.05, 3.63) is 34.3 Å². The third kappa shape index (κ3) is 3.52. The van der Waals surface area contributed by atoms with Gasteiger partial charge in [-0.1, -0.05) is 6.92 Å². The van der Waals surface area contributed by atoms with Crippen LogP contribution in [0.1, 0.15) is 52.8 Å². The average Bonchev–Trinajstić information content (AvgIpc) is 3.23. The summed E-state index contributed by atoms with van der Waals surface area (Å²) in [5.74, 6) is 0.718. The van der Waals surface area contributed by atoms with Crippen LogP contribution >= 0.6 is 11.3 Å². The van der Waals surface area contributed by atoms with E-state index in [4.69, 9.17) is 0 Å². The van der Waals surface area contributed by atoms with E-state index >= 15 is 0 Å². The van der Waals surface area contributed by atoms with E-state index in [-0.39, 0.29) is 11.8 Å². The minimum Gasteiger partial charge on any atom is -0.385 e. The number of aliphatic hydroxyl groups excluding tert-OH is 1. The molecule has 0 radical (unpaired) electrons. The fourth-order valence-electron chi connectivity index (χ4n) is 3.22. The molecule has 3 rings (SSSR count). The molecule has 0 spiro atoms. The molecule has 2 aromatic rings. The van der Waals surface area contributed by atoms with Crippen molar-refractivity contribution in [3.8, 4) is 0 Å². The summed E-state index contributed by atoms with van der Waals surface area (Å²) in [4.78, 5) is 23.9. The number of hydrogen-bond donors (Lipinski definition) is 1. The molecule has 1 fully saturated rings. The van der Waals surface area contributed by atoms with Gasteiger partial charge < -0.3 is 14.6 Å². The predicted molar refractivity (Wildman–Crippen MR) is 92.9 cm³/mol. The first-order valence-corrected chi connectivity index (χ1v) is 9.31. The second kappa shape index (κ2) is 7.44. The van der Waals surface area contributed by atoms with Gasteiger partial charge in [0.05, 0.1) is 11.2 Å². The van der Waals surface area contributed by atoms with Crippen molar-refractivity contribution in [2.75, 3.05) is 13.1 Å². The lowest BCUT2D eigenvalue weighted by molar-refractivity contribution is 0.0361. The summed E-state index contributed by atoms with van der Waals surface area (Å²) in [7, 11) is 1.88. The molecule has 2 aromatic heterocycles. The van der Waals surface area contributed by atoms with E-state index in [1.165, 1.54) is 11.3 Å². The molecular formula is C17H24N4O2S. The molecule has 0 aliphatic carbocycles. The molecule has 3 heterocycles. The van der Waals surface area contributed by atoms with Crippen LogP contribution in [0.2, 0.25) is 0 Å². The Morgan fingerprint density at radius 2 is 2.33 bits per heavy atom. The molecule has 7 heteroatoms. The molecule has 2 unspecified atom stereocenters. The van der Waals surface area contributed by atoms with Gasteiger partial charge in [0.25, 0.3) is 5.91 Å². The molecule has 1 aliphatic rings. The lowest BCUT2D eigenvalue weighted by Crippen LogP contribution is -2.41. The molecule has 1 saturated heterocycles. The van der Waals surface area contributed by atoms with Crippen molar-refractivity contribution in [2.45, 2.75) is 38.7 Å². The molecule has 0 aromatic carbocycles. The number of hydrogen-bond acceptors (Lipinski definition) is 5. The first kappa shape index (κ1) is 17.1. The van der Waals surface area contributed by atoms with Crippen LogP contribution in [0.5, 0.6) is 0 Å². The van der Waals surface area contributed by atoms with E-state index in [9.17, 15) is 9.90 Å². The van der Waals surface area contributed by atoms with Crippen molar-refractivity contribution in [1.29, 1.82) is 0 Å². The molecule has 130 valence electrons. The van der Waals surface area contributed by atoms with Crippen LogP contribution in [0, 0.1) is 5.92 Å². The highest BCUT2D eigenvalue weighted by atomic mass is 32.1. The van der Waals surface area contributed by atoms with E-state index in [0.717, 1.165) is 37.2 Å². The molecule has 1 amide bonds. The Kier molecular flexibility index (Phi) is 5.30. The number of amides is 1. The number of carbonyl (C=O) groups is 1. The van der Waals surface area contributed by atoms with Crippen molar-refractivity contribution in [1.82, 2.24) is 19.4 Å². The van der Waals surface area contributed by atoms with Gasteiger partial charge in [0, 0.05) is 38.4 Å². The number of imidazole rings is 1. The standard InChI is InChI=1S/C17H24N4O2S/c1-3-5-14-19-10-13(24-14)17(23)21-8-4-6-12(11-21)15(22)16-18-7-9-20(16)2/h7,9-10,12,15,22H,3-6,8,11H2,1-2H3. The van der Waals surface area contributed by atoms with Crippen molar-refractivity contribution >= 4 is 17.2 Å². The number of thiazole rings is 1. The number of rotatable bonds is 5. The minimum atomic E-state index is -0.641. The zero-order valence-electron chi connectivity index (χ0n) is 14.2. The van der Waals surface area contributed by atoms with Crippen LogP contribution in [-0.2, 0) is 13.5 Å². The minimum absolute atomic E-state index is 0.0202. The Balaban J connectivity index is 1.68.